The molecule has 2 aliphatic rings. The Morgan fingerprint density at radius 2 is 2.00 bits per heavy atom. The molecule has 0 saturated carbocycles. The van der Waals surface area contributed by atoms with Crippen molar-refractivity contribution in [3.63, 3.8) is 0 Å². The van der Waals surface area contributed by atoms with Crippen LogP contribution in [-0.4, -0.2) is 77.8 Å². The molecule has 0 spiro atoms. The molecule has 1 fully saturated rings. The molecule has 0 bridgehead atoms. The Balaban J connectivity index is 1.24. The minimum absolute atomic E-state index is 0.138. The van der Waals surface area contributed by atoms with Crippen LogP contribution in [0.2, 0.25) is 0 Å². The summed E-state index contributed by atoms with van der Waals surface area (Å²) in [5, 5.41) is 13.3. The van der Waals surface area contributed by atoms with Crippen molar-refractivity contribution in [2.24, 2.45) is 0 Å². The van der Waals surface area contributed by atoms with Crippen LogP contribution < -0.4 is 10.1 Å². The molecule has 1 atom stereocenters. The summed E-state index contributed by atoms with van der Waals surface area (Å²) in [6.07, 6.45) is 4.03. The predicted molar refractivity (Wildman–Crippen MR) is 119 cm³/mol. The van der Waals surface area contributed by atoms with Crippen molar-refractivity contribution in [3.05, 3.63) is 59.3 Å². The van der Waals surface area contributed by atoms with Gasteiger partial charge in [-0.25, -0.2) is 4.98 Å². The smallest absolute Gasteiger partial charge is 0.251 e. The van der Waals surface area contributed by atoms with Gasteiger partial charge in [0.2, 0.25) is 5.88 Å². The van der Waals surface area contributed by atoms with E-state index in [1.54, 1.807) is 18.3 Å². The van der Waals surface area contributed by atoms with E-state index in [-0.39, 0.29) is 18.6 Å². The highest BCUT2D eigenvalue weighted by Gasteiger charge is 2.20. The Morgan fingerprint density at radius 3 is 2.81 bits per heavy atom. The monoisotopic (exact) mass is 424 g/mol. The summed E-state index contributed by atoms with van der Waals surface area (Å²) in [4.78, 5) is 21.3. The molecule has 1 aromatic carbocycles. The van der Waals surface area contributed by atoms with E-state index < -0.39 is 6.10 Å². The molecule has 7 heteroatoms. The first-order valence-electron chi connectivity index (χ1n) is 11.1. The number of likely N-dealkylation sites (tertiary alicyclic amines) is 1. The number of benzene rings is 1. The van der Waals surface area contributed by atoms with Gasteiger partial charge in [0.05, 0.1) is 6.10 Å². The van der Waals surface area contributed by atoms with Crippen molar-refractivity contribution in [2.45, 2.75) is 38.0 Å². The minimum atomic E-state index is -0.619. The van der Waals surface area contributed by atoms with E-state index in [0.29, 0.717) is 18.0 Å². The lowest BCUT2D eigenvalue weighted by Gasteiger charge is -2.30. The molecular weight excluding hydrogens is 392 g/mol. The summed E-state index contributed by atoms with van der Waals surface area (Å²) in [6, 6.07) is 11.8. The van der Waals surface area contributed by atoms with Gasteiger partial charge in [0.15, 0.2) is 0 Å². The number of carbonyl (C=O) groups excluding carboxylic acids is 1. The fraction of sp³-hybridized carbons (Fsp3) is 0.500. The number of β-amino-alcohol motifs (C(OH)–C–C–N with tert-alkyl or cyclic N) is 1. The molecular formula is C24H32N4O3. The van der Waals surface area contributed by atoms with E-state index >= 15 is 0 Å². The van der Waals surface area contributed by atoms with Crippen molar-refractivity contribution >= 4 is 5.91 Å². The third-order valence-corrected chi connectivity index (χ3v) is 6.13. The number of carbonyl (C=O) groups is 1. The van der Waals surface area contributed by atoms with Crippen LogP contribution in [0.25, 0.3) is 0 Å². The molecule has 166 valence electrons. The van der Waals surface area contributed by atoms with Gasteiger partial charge >= 0.3 is 0 Å². The van der Waals surface area contributed by atoms with Gasteiger partial charge in [-0.1, -0.05) is 24.3 Å². The second-order valence-electron chi connectivity index (χ2n) is 8.62. The Kier molecular flexibility index (Phi) is 7.17. The summed E-state index contributed by atoms with van der Waals surface area (Å²) >= 11 is 0. The predicted octanol–water partition coefficient (Wildman–Crippen LogP) is 1.70. The molecule has 4 rings (SSSR count). The number of nitrogens with one attached hydrogen (secondary N) is 1. The van der Waals surface area contributed by atoms with Crippen LogP contribution in [0.5, 0.6) is 5.88 Å². The molecule has 31 heavy (non-hydrogen) atoms. The van der Waals surface area contributed by atoms with Gasteiger partial charge in [0, 0.05) is 57.1 Å². The maximum atomic E-state index is 12.6. The topological polar surface area (TPSA) is 77.9 Å². The van der Waals surface area contributed by atoms with Crippen molar-refractivity contribution in [1.29, 1.82) is 0 Å². The van der Waals surface area contributed by atoms with Crippen LogP contribution in [-0.2, 0) is 13.0 Å². The lowest BCUT2D eigenvalue weighted by atomic mass is 10.00. The first-order valence-corrected chi connectivity index (χ1v) is 11.1. The number of hydrogen-bond acceptors (Lipinski definition) is 6. The second-order valence-corrected chi connectivity index (χ2v) is 8.62. The quantitative estimate of drug-likeness (QED) is 0.705. The maximum Gasteiger partial charge on any atom is 0.251 e. The SMILES string of the molecule is CN1CCC(Oc2cc(C(=O)NC[C@H](O)CN3CCc4ccccc4C3)ccn2)CC1. The fourth-order valence-corrected chi connectivity index (χ4v) is 4.27. The number of hydrogen-bond donors (Lipinski definition) is 2. The number of nitrogens with zero attached hydrogens (tertiary/aromatic N) is 3. The third-order valence-electron chi connectivity index (χ3n) is 6.13. The number of ether oxygens (including phenoxy) is 1. The Hall–Kier alpha value is -2.48. The number of aliphatic hydroxyl groups excluding tert-OH is 1. The van der Waals surface area contributed by atoms with Crippen LogP contribution >= 0.6 is 0 Å². The van der Waals surface area contributed by atoms with E-state index in [9.17, 15) is 9.90 Å². The third kappa shape index (κ3) is 6.03. The van der Waals surface area contributed by atoms with Crippen molar-refractivity contribution in [3.8, 4) is 5.88 Å². The molecule has 1 amide bonds. The van der Waals surface area contributed by atoms with Crippen LogP contribution in [0.15, 0.2) is 42.6 Å². The number of pyridine rings is 1. The van der Waals surface area contributed by atoms with E-state index in [2.05, 4.69) is 51.4 Å². The number of fused-ring (bicyclic) bond motifs is 1. The van der Waals surface area contributed by atoms with Crippen LogP contribution in [0.4, 0.5) is 0 Å². The molecule has 1 aromatic heterocycles. The van der Waals surface area contributed by atoms with Gasteiger partial charge < -0.3 is 20.1 Å². The summed E-state index contributed by atoms with van der Waals surface area (Å²) < 4.78 is 5.98. The van der Waals surface area contributed by atoms with E-state index in [0.717, 1.165) is 45.4 Å². The van der Waals surface area contributed by atoms with Crippen molar-refractivity contribution in [2.75, 3.05) is 39.8 Å². The normalized spacial score (nSPS) is 18.9. The van der Waals surface area contributed by atoms with Gasteiger partial charge in [-0.3, -0.25) is 9.69 Å². The zero-order valence-corrected chi connectivity index (χ0v) is 18.2. The highest BCUT2D eigenvalue weighted by molar-refractivity contribution is 5.94. The van der Waals surface area contributed by atoms with E-state index in [4.69, 9.17) is 4.74 Å². The minimum Gasteiger partial charge on any atom is -0.474 e. The van der Waals surface area contributed by atoms with Crippen LogP contribution in [0.3, 0.4) is 0 Å². The number of amides is 1. The average Bonchev–Trinajstić information content (AvgIpc) is 2.79. The molecule has 2 aromatic rings. The molecule has 3 heterocycles. The lowest BCUT2D eigenvalue weighted by Crippen LogP contribution is -2.42. The first-order chi connectivity index (χ1) is 15.1. The van der Waals surface area contributed by atoms with Gasteiger partial charge in [0.25, 0.3) is 5.91 Å². The standard InChI is InChI=1S/C24H32N4O3/c1-27-11-8-22(9-12-27)31-23-14-19(6-10-25-23)24(30)26-15-21(29)17-28-13-7-18-4-2-3-5-20(18)16-28/h2-6,10,14,21-22,29H,7-9,11-13,15-17H2,1H3,(H,26,30)/t21-/m0/s1. The average molecular weight is 425 g/mol. The maximum absolute atomic E-state index is 12.6. The van der Waals surface area contributed by atoms with Crippen LogP contribution in [0.1, 0.15) is 34.3 Å². The van der Waals surface area contributed by atoms with Crippen molar-refractivity contribution in [1.82, 2.24) is 20.1 Å². The van der Waals surface area contributed by atoms with Gasteiger partial charge in [-0.05, 0) is 43.5 Å². The number of aromatic nitrogens is 1. The summed E-state index contributed by atoms with van der Waals surface area (Å²) in [5.74, 6) is 0.258. The Bertz CT molecular complexity index is 883. The number of aliphatic hydroxyl groups is 1. The number of rotatable bonds is 7. The molecule has 2 N–H and O–H groups in total. The molecule has 0 unspecified atom stereocenters. The van der Waals surface area contributed by atoms with Gasteiger partial charge in [-0.2, -0.15) is 0 Å². The molecule has 0 radical (unpaired) electrons. The zero-order chi connectivity index (χ0) is 21.6. The Morgan fingerprint density at radius 1 is 1.23 bits per heavy atom. The molecule has 2 aliphatic heterocycles. The van der Waals surface area contributed by atoms with Gasteiger partial charge in [-0.15, -0.1) is 0 Å². The zero-order valence-electron chi connectivity index (χ0n) is 18.2. The molecule has 7 nitrogen and oxygen atoms in total. The molecule has 1 saturated heterocycles. The van der Waals surface area contributed by atoms with Crippen LogP contribution in [0, 0.1) is 0 Å². The fourth-order valence-electron chi connectivity index (χ4n) is 4.27. The summed E-state index contributed by atoms with van der Waals surface area (Å²) in [6.45, 7) is 4.52. The van der Waals surface area contributed by atoms with Crippen molar-refractivity contribution < 1.29 is 14.6 Å². The van der Waals surface area contributed by atoms with E-state index in [1.165, 1.54) is 11.1 Å². The second kappa shape index (κ2) is 10.2. The Labute approximate surface area is 184 Å². The van der Waals surface area contributed by atoms with E-state index in [1.807, 2.05) is 0 Å². The number of piperidine rings is 1. The first kappa shape index (κ1) is 21.7. The lowest BCUT2D eigenvalue weighted by molar-refractivity contribution is 0.0839. The summed E-state index contributed by atoms with van der Waals surface area (Å²) in [7, 11) is 2.11. The highest BCUT2D eigenvalue weighted by atomic mass is 16.5. The molecule has 0 aliphatic carbocycles. The summed E-state index contributed by atoms with van der Waals surface area (Å²) in [5.41, 5.74) is 3.20. The largest absolute Gasteiger partial charge is 0.474 e. The highest BCUT2D eigenvalue weighted by Crippen LogP contribution is 2.19. The van der Waals surface area contributed by atoms with Gasteiger partial charge in [0.1, 0.15) is 6.10 Å².